The van der Waals surface area contributed by atoms with Crippen LogP contribution in [-0.4, -0.2) is 37.2 Å². The summed E-state index contributed by atoms with van der Waals surface area (Å²) in [7, 11) is 3.04. The molecule has 0 spiro atoms. The molecule has 4 N–H and O–H groups in total. The van der Waals surface area contributed by atoms with E-state index in [9.17, 15) is 19.5 Å². The highest BCUT2D eigenvalue weighted by Crippen LogP contribution is 2.30. The zero-order chi connectivity index (χ0) is 27.9. The summed E-state index contributed by atoms with van der Waals surface area (Å²) in [4.78, 5) is 37.5. The van der Waals surface area contributed by atoms with E-state index in [0.717, 1.165) is 10.8 Å². The highest BCUT2D eigenvalue weighted by atomic mass is 16.5. The largest absolute Gasteiger partial charge is 0.508 e. The van der Waals surface area contributed by atoms with Crippen molar-refractivity contribution >= 4 is 46.1 Å². The highest BCUT2D eigenvalue weighted by molar-refractivity contribution is 6.09. The number of nitrogens with one attached hydrogen (secondary N) is 3. The summed E-state index contributed by atoms with van der Waals surface area (Å²) < 4.78 is 10.4. The third-order valence-electron chi connectivity index (χ3n) is 5.97. The molecule has 9 nitrogen and oxygen atoms in total. The molecule has 0 bridgehead atoms. The Morgan fingerprint density at radius 1 is 0.821 bits per heavy atom. The third kappa shape index (κ3) is 6.53. The van der Waals surface area contributed by atoms with Gasteiger partial charge in [-0.15, -0.1) is 0 Å². The molecule has 0 aliphatic carbocycles. The number of aryl methyl sites for hydroxylation is 1. The van der Waals surface area contributed by atoms with Crippen LogP contribution in [0.25, 0.3) is 16.8 Å². The summed E-state index contributed by atoms with van der Waals surface area (Å²) in [6.07, 6.45) is 2.96. The number of amides is 4. The number of fused-ring (bicyclic) bond motifs is 1. The molecule has 4 amide bonds. The first-order valence-electron chi connectivity index (χ1n) is 11.9. The fraction of sp³-hybridized carbons (Fsp3) is 0.100. The smallest absolute Gasteiger partial charge is 0.326 e. The number of benzene rings is 4. The van der Waals surface area contributed by atoms with Gasteiger partial charge in [0.25, 0.3) is 5.91 Å². The molecule has 4 aromatic carbocycles. The van der Waals surface area contributed by atoms with Gasteiger partial charge in [-0.25, -0.2) is 4.79 Å². The second-order valence-electron chi connectivity index (χ2n) is 8.57. The number of ether oxygens (including phenoxy) is 2. The van der Waals surface area contributed by atoms with Crippen LogP contribution >= 0.6 is 0 Å². The second kappa shape index (κ2) is 11.8. The van der Waals surface area contributed by atoms with Crippen LogP contribution in [0.4, 0.5) is 16.2 Å². The maximum atomic E-state index is 12.6. The molecule has 0 unspecified atom stereocenters. The Hall–Kier alpha value is -5.31. The van der Waals surface area contributed by atoms with E-state index in [1.807, 2.05) is 0 Å². The van der Waals surface area contributed by atoms with E-state index in [2.05, 4.69) is 16.0 Å². The van der Waals surface area contributed by atoms with Crippen molar-refractivity contribution in [2.45, 2.75) is 6.92 Å². The predicted molar refractivity (Wildman–Crippen MR) is 150 cm³/mol. The molecule has 0 atom stereocenters. The first-order chi connectivity index (χ1) is 18.8. The Morgan fingerprint density at radius 3 is 2.36 bits per heavy atom. The van der Waals surface area contributed by atoms with Gasteiger partial charge >= 0.3 is 6.03 Å². The lowest BCUT2D eigenvalue weighted by molar-refractivity contribution is -0.111. The van der Waals surface area contributed by atoms with E-state index in [0.29, 0.717) is 39.6 Å². The third-order valence-corrected chi connectivity index (χ3v) is 5.97. The molecule has 0 aliphatic heterocycles. The molecule has 198 valence electrons. The van der Waals surface area contributed by atoms with Crippen molar-refractivity contribution in [2.75, 3.05) is 24.9 Å². The Morgan fingerprint density at radius 2 is 1.59 bits per heavy atom. The Balaban J connectivity index is 1.36. The van der Waals surface area contributed by atoms with Gasteiger partial charge in [-0.3, -0.25) is 14.9 Å². The average molecular weight is 526 g/mol. The molecule has 39 heavy (non-hydrogen) atoms. The molecular formula is C30H27N3O6. The normalized spacial score (nSPS) is 10.7. The first-order valence-corrected chi connectivity index (χ1v) is 11.9. The fourth-order valence-corrected chi connectivity index (χ4v) is 3.94. The van der Waals surface area contributed by atoms with Gasteiger partial charge in [0.05, 0.1) is 14.2 Å². The van der Waals surface area contributed by atoms with Gasteiger partial charge in [0.2, 0.25) is 5.91 Å². The summed E-state index contributed by atoms with van der Waals surface area (Å²) in [5.74, 6) is 0.294. The lowest BCUT2D eigenvalue weighted by Crippen LogP contribution is -2.34. The minimum Gasteiger partial charge on any atom is -0.508 e. The van der Waals surface area contributed by atoms with E-state index >= 15 is 0 Å². The van der Waals surface area contributed by atoms with Crippen molar-refractivity contribution in [1.29, 1.82) is 0 Å². The number of urea groups is 1. The quantitative estimate of drug-likeness (QED) is 0.237. The van der Waals surface area contributed by atoms with Gasteiger partial charge in [0.1, 0.15) is 5.75 Å². The number of phenolic OH excluding ortho intramolecular Hbond substituents is 1. The number of aromatic hydroxyl groups is 1. The van der Waals surface area contributed by atoms with Crippen LogP contribution in [0.2, 0.25) is 0 Å². The Bertz CT molecular complexity index is 1600. The van der Waals surface area contributed by atoms with Crippen LogP contribution in [0.1, 0.15) is 21.5 Å². The van der Waals surface area contributed by atoms with Gasteiger partial charge in [0, 0.05) is 29.1 Å². The van der Waals surface area contributed by atoms with Crippen molar-refractivity contribution in [3.63, 3.8) is 0 Å². The highest BCUT2D eigenvalue weighted by Gasteiger charge is 2.12. The Kier molecular flexibility index (Phi) is 8.11. The number of carbonyl (C=O) groups excluding carboxylic acids is 3. The second-order valence-corrected chi connectivity index (χ2v) is 8.57. The number of hydrogen-bond acceptors (Lipinski definition) is 6. The van der Waals surface area contributed by atoms with Crippen molar-refractivity contribution in [2.24, 2.45) is 0 Å². The van der Waals surface area contributed by atoms with E-state index in [-0.39, 0.29) is 11.7 Å². The molecular weight excluding hydrogens is 498 g/mol. The summed E-state index contributed by atoms with van der Waals surface area (Å²) >= 11 is 0. The van der Waals surface area contributed by atoms with Crippen molar-refractivity contribution in [1.82, 2.24) is 5.32 Å². The molecule has 4 rings (SSSR count). The van der Waals surface area contributed by atoms with Gasteiger partial charge in [0.15, 0.2) is 11.5 Å². The standard InChI is InChI=1S/C30H27N3O6/c1-18-24-11-8-21(16-20(24)9-12-25(18)34)29(36)33-30(37)32-22-6-4-5-19(15-22)7-14-28(35)31-23-10-13-26(38-2)27(17-23)39-3/h4-17,34H,1-3H3,(H,31,35)(H2,32,33,36,37)/b14-7+. The van der Waals surface area contributed by atoms with Crippen LogP contribution in [0, 0.1) is 6.92 Å². The number of imide groups is 1. The topological polar surface area (TPSA) is 126 Å². The van der Waals surface area contributed by atoms with Crippen LogP contribution in [0.5, 0.6) is 17.2 Å². The lowest BCUT2D eigenvalue weighted by Gasteiger charge is -2.10. The van der Waals surface area contributed by atoms with Gasteiger partial charge in [-0.2, -0.15) is 0 Å². The maximum absolute atomic E-state index is 12.6. The molecule has 0 aromatic heterocycles. The predicted octanol–water partition coefficient (Wildman–Crippen LogP) is 5.48. The molecule has 0 saturated heterocycles. The number of anilines is 2. The van der Waals surface area contributed by atoms with Crippen molar-refractivity contribution < 1.29 is 29.0 Å². The number of rotatable bonds is 7. The number of phenols is 1. The summed E-state index contributed by atoms with van der Waals surface area (Å²) in [6.45, 7) is 1.79. The minimum atomic E-state index is -0.700. The number of hydrogen-bond donors (Lipinski definition) is 4. The first kappa shape index (κ1) is 26.7. The van der Waals surface area contributed by atoms with E-state index in [1.54, 1.807) is 85.8 Å². The summed E-state index contributed by atoms with van der Waals surface area (Å²) in [5, 5.41) is 19.1. The average Bonchev–Trinajstić information content (AvgIpc) is 2.93. The summed E-state index contributed by atoms with van der Waals surface area (Å²) in [6, 6.07) is 19.4. The molecule has 0 saturated carbocycles. The molecule has 0 radical (unpaired) electrons. The van der Waals surface area contributed by atoms with Crippen molar-refractivity contribution in [3.05, 3.63) is 95.6 Å². The lowest BCUT2D eigenvalue weighted by atomic mass is 10.0. The van der Waals surface area contributed by atoms with Gasteiger partial charge in [-0.05, 0) is 77.4 Å². The van der Waals surface area contributed by atoms with Crippen LogP contribution in [0.3, 0.4) is 0 Å². The van der Waals surface area contributed by atoms with E-state index in [4.69, 9.17) is 9.47 Å². The molecule has 0 heterocycles. The zero-order valence-corrected chi connectivity index (χ0v) is 21.6. The summed E-state index contributed by atoms with van der Waals surface area (Å²) in [5.41, 5.74) is 2.66. The number of methoxy groups -OCH3 is 2. The maximum Gasteiger partial charge on any atom is 0.326 e. The fourth-order valence-electron chi connectivity index (χ4n) is 3.94. The van der Waals surface area contributed by atoms with Crippen LogP contribution in [0.15, 0.2) is 78.9 Å². The van der Waals surface area contributed by atoms with Gasteiger partial charge in [-0.1, -0.05) is 24.3 Å². The van der Waals surface area contributed by atoms with Crippen LogP contribution in [-0.2, 0) is 4.79 Å². The minimum absolute atomic E-state index is 0.176. The zero-order valence-electron chi connectivity index (χ0n) is 21.6. The van der Waals surface area contributed by atoms with E-state index < -0.39 is 11.9 Å². The number of carbonyl (C=O) groups is 3. The van der Waals surface area contributed by atoms with E-state index in [1.165, 1.54) is 20.3 Å². The SMILES string of the molecule is COc1ccc(NC(=O)/C=C/c2cccc(NC(=O)NC(=O)c3ccc4c(C)c(O)ccc4c3)c2)cc1OC. The molecule has 4 aromatic rings. The van der Waals surface area contributed by atoms with Crippen molar-refractivity contribution in [3.8, 4) is 17.2 Å². The Labute approximate surface area is 225 Å². The molecule has 0 aliphatic rings. The molecule has 0 fully saturated rings. The van der Waals surface area contributed by atoms with Gasteiger partial charge < -0.3 is 25.2 Å². The monoisotopic (exact) mass is 525 g/mol. The van der Waals surface area contributed by atoms with Crippen LogP contribution < -0.4 is 25.4 Å². The molecule has 9 heteroatoms.